The molecule has 0 fully saturated rings. The van der Waals surface area contributed by atoms with Crippen molar-refractivity contribution in [3.8, 4) is 0 Å². The van der Waals surface area contributed by atoms with E-state index in [9.17, 15) is 0 Å². The van der Waals surface area contributed by atoms with E-state index in [-0.39, 0.29) is 0 Å². The van der Waals surface area contributed by atoms with Crippen molar-refractivity contribution in [1.82, 2.24) is 10.6 Å². The minimum absolute atomic E-state index is 0.502. The second kappa shape index (κ2) is 7.13. The van der Waals surface area contributed by atoms with Gasteiger partial charge in [-0.15, -0.1) is 0 Å². The van der Waals surface area contributed by atoms with Crippen LogP contribution in [0.15, 0.2) is 35.3 Å². The first-order chi connectivity index (χ1) is 9.69. The Morgan fingerprint density at radius 2 is 2.00 bits per heavy atom. The molecule has 0 atom stereocenters. The van der Waals surface area contributed by atoms with Gasteiger partial charge in [0.15, 0.2) is 5.96 Å². The lowest BCUT2D eigenvalue weighted by Gasteiger charge is -2.17. The summed E-state index contributed by atoms with van der Waals surface area (Å²) in [6.07, 6.45) is 7.66. The second-order valence-corrected chi connectivity index (χ2v) is 5.46. The Balaban J connectivity index is 1.78. The maximum absolute atomic E-state index is 4.29. The Kier molecular flexibility index (Phi) is 5.22. The van der Waals surface area contributed by atoms with Gasteiger partial charge >= 0.3 is 0 Å². The third kappa shape index (κ3) is 4.12. The molecule has 0 aliphatic heterocycles. The fourth-order valence-electron chi connectivity index (χ4n) is 2.56. The summed E-state index contributed by atoms with van der Waals surface area (Å²) in [4.78, 5) is 4.29. The van der Waals surface area contributed by atoms with Crippen LogP contribution in [0.1, 0.15) is 29.5 Å². The molecule has 0 saturated carbocycles. The molecule has 1 aliphatic carbocycles. The van der Waals surface area contributed by atoms with Gasteiger partial charge < -0.3 is 10.6 Å². The van der Waals surface area contributed by atoms with Gasteiger partial charge in [0.2, 0.25) is 0 Å². The zero-order valence-corrected chi connectivity index (χ0v) is 12.7. The molecule has 0 radical (unpaired) electrons. The molecule has 1 aliphatic rings. The summed E-state index contributed by atoms with van der Waals surface area (Å²) in [5.41, 5.74) is 4.10. The van der Waals surface area contributed by atoms with Gasteiger partial charge in [0.05, 0.1) is 0 Å². The van der Waals surface area contributed by atoms with E-state index in [2.05, 4.69) is 59.8 Å². The van der Waals surface area contributed by atoms with Crippen LogP contribution in [0.2, 0.25) is 0 Å². The summed E-state index contributed by atoms with van der Waals surface area (Å²) >= 11 is 0. The Morgan fingerprint density at radius 3 is 2.65 bits per heavy atom. The van der Waals surface area contributed by atoms with Crippen LogP contribution < -0.4 is 10.6 Å². The average molecular weight is 271 g/mol. The van der Waals surface area contributed by atoms with Crippen molar-refractivity contribution in [2.24, 2.45) is 4.99 Å². The Bertz CT molecular complexity index is 495. The van der Waals surface area contributed by atoms with Crippen molar-refractivity contribution in [3.05, 3.63) is 47.0 Å². The molecule has 1 aromatic rings. The molecular weight excluding hydrogens is 246 g/mol. The molecule has 1 aromatic carbocycles. The fraction of sp³-hybridized carbons (Fsp3) is 0.471. The van der Waals surface area contributed by atoms with Crippen LogP contribution in [-0.4, -0.2) is 25.6 Å². The number of nitrogens with one attached hydrogen (secondary N) is 2. The van der Waals surface area contributed by atoms with Gasteiger partial charge in [0.1, 0.15) is 0 Å². The quantitative estimate of drug-likeness (QED) is 0.502. The fourth-order valence-corrected chi connectivity index (χ4v) is 2.56. The molecule has 20 heavy (non-hydrogen) atoms. The number of rotatable bonds is 4. The molecule has 3 heteroatoms. The highest BCUT2D eigenvalue weighted by Gasteiger charge is 2.11. The number of hydrogen-bond acceptors (Lipinski definition) is 1. The molecular formula is C17H25N3. The molecule has 0 unspecified atom stereocenters. The highest BCUT2D eigenvalue weighted by molar-refractivity contribution is 5.80. The van der Waals surface area contributed by atoms with E-state index in [0.29, 0.717) is 6.04 Å². The molecule has 0 heterocycles. The molecule has 2 N–H and O–H groups in total. The number of aliphatic imine (C=N–C) groups is 1. The average Bonchev–Trinajstić information content (AvgIpc) is 2.93. The molecule has 108 valence electrons. The smallest absolute Gasteiger partial charge is 0.191 e. The van der Waals surface area contributed by atoms with E-state index in [1.165, 1.54) is 16.7 Å². The molecule has 0 amide bonds. The van der Waals surface area contributed by atoms with Gasteiger partial charge in [-0.05, 0) is 44.2 Å². The Labute approximate surface area is 122 Å². The van der Waals surface area contributed by atoms with Crippen molar-refractivity contribution in [3.63, 3.8) is 0 Å². The van der Waals surface area contributed by atoms with Crippen molar-refractivity contribution in [2.45, 2.75) is 39.2 Å². The topological polar surface area (TPSA) is 36.4 Å². The van der Waals surface area contributed by atoms with Crippen LogP contribution in [0.25, 0.3) is 0 Å². The lowest BCUT2D eigenvalue weighted by molar-refractivity contribution is 0.633. The number of nitrogens with zero attached hydrogens (tertiary/aromatic N) is 1. The first-order valence-electron chi connectivity index (χ1n) is 7.37. The van der Waals surface area contributed by atoms with Crippen LogP contribution in [0.5, 0.6) is 0 Å². The number of aryl methyl sites for hydroxylation is 2. The monoisotopic (exact) mass is 271 g/mol. The zero-order valence-electron chi connectivity index (χ0n) is 12.7. The Morgan fingerprint density at radius 1 is 1.25 bits per heavy atom. The summed E-state index contributed by atoms with van der Waals surface area (Å²) < 4.78 is 0. The predicted molar refractivity (Wildman–Crippen MR) is 86.3 cm³/mol. The van der Waals surface area contributed by atoms with E-state index in [1.54, 1.807) is 0 Å². The molecule has 3 nitrogen and oxygen atoms in total. The molecule has 0 bridgehead atoms. The Hall–Kier alpha value is -1.77. The summed E-state index contributed by atoms with van der Waals surface area (Å²) in [6.45, 7) is 5.22. The minimum Gasteiger partial charge on any atom is -0.356 e. The summed E-state index contributed by atoms with van der Waals surface area (Å²) in [5.74, 6) is 0.906. The molecule has 0 spiro atoms. The van der Waals surface area contributed by atoms with Crippen molar-refractivity contribution in [2.75, 3.05) is 13.6 Å². The summed E-state index contributed by atoms with van der Waals surface area (Å²) in [7, 11) is 1.83. The second-order valence-electron chi connectivity index (χ2n) is 5.46. The SMILES string of the molecule is CN=C(NCCc1ccc(C)cc1C)NC1CC=CC1. The van der Waals surface area contributed by atoms with E-state index in [1.807, 2.05) is 7.05 Å². The van der Waals surface area contributed by atoms with Gasteiger partial charge in [0, 0.05) is 19.6 Å². The van der Waals surface area contributed by atoms with Gasteiger partial charge in [-0.25, -0.2) is 0 Å². The van der Waals surface area contributed by atoms with Gasteiger partial charge in [-0.2, -0.15) is 0 Å². The van der Waals surface area contributed by atoms with E-state index < -0.39 is 0 Å². The molecule has 2 rings (SSSR count). The van der Waals surface area contributed by atoms with Crippen LogP contribution >= 0.6 is 0 Å². The van der Waals surface area contributed by atoms with Crippen LogP contribution in [0.4, 0.5) is 0 Å². The van der Waals surface area contributed by atoms with Gasteiger partial charge in [0.25, 0.3) is 0 Å². The maximum atomic E-state index is 4.29. The largest absolute Gasteiger partial charge is 0.356 e. The lowest BCUT2D eigenvalue weighted by atomic mass is 10.0. The predicted octanol–water partition coefficient (Wildman–Crippen LogP) is 2.73. The summed E-state index contributed by atoms with van der Waals surface area (Å²) in [6, 6.07) is 7.15. The summed E-state index contributed by atoms with van der Waals surface area (Å²) in [5, 5.41) is 6.85. The zero-order chi connectivity index (χ0) is 14.4. The van der Waals surface area contributed by atoms with E-state index in [0.717, 1.165) is 31.8 Å². The first-order valence-corrected chi connectivity index (χ1v) is 7.37. The normalized spacial score (nSPS) is 15.7. The lowest BCUT2D eigenvalue weighted by Crippen LogP contribution is -2.43. The van der Waals surface area contributed by atoms with Crippen molar-refractivity contribution >= 4 is 5.96 Å². The highest BCUT2D eigenvalue weighted by Crippen LogP contribution is 2.11. The van der Waals surface area contributed by atoms with Crippen LogP contribution in [-0.2, 0) is 6.42 Å². The first kappa shape index (κ1) is 14.6. The third-order valence-corrected chi connectivity index (χ3v) is 3.76. The van der Waals surface area contributed by atoms with E-state index >= 15 is 0 Å². The van der Waals surface area contributed by atoms with Crippen LogP contribution in [0, 0.1) is 13.8 Å². The third-order valence-electron chi connectivity index (χ3n) is 3.76. The highest BCUT2D eigenvalue weighted by atomic mass is 15.2. The molecule has 0 saturated heterocycles. The minimum atomic E-state index is 0.502. The van der Waals surface area contributed by atoms with Crippen molar-refractivity contribution < 1.29 is 0 Å². The van der Waals surface area contributed by atoms with Gasteiger partial charge in [-0.3, -0.25) is 4.99 Å². The van der Waals surface area contributed by atoms with Gasteiger partial charge in [-0.1, -0.05) is 35.9 Å². The van der Waals surface area contributed by atoms with Crippen molar-refractivity contribution in [1.29, 1.82) is 0 Å². The number of guanidine groups is 1. The van der Waals surface area contributed by atoms with E-state index in [4.69, 9.17) is 0 Å². The number of hydrogen-bond donors (Lipinski definition) is 2. The van der Waals surface area contributed by atoms with Crippen LogP contribution in [0.3, 0.4) is 0 Å². The standard InChI is InChI=1S/C17H25N3/c1-13-8-9-15(14(2)12-13)10-11-19-17(18-3)20-16-6-4-5-7-16/h4-5,8-9,12,16H,6-7,10-11H2,1-3H3,(H2,18,19,20). The molecule has 0 aromatic heterocycles. The number of benzene rings is 1. The maximum Gasteiger partial charge on any atom is 0.191 e.